The number of piperidine rings is 1. The fraction of sp³-hybridized carbons (Fsp3) is 0.333. The average Bonchev–Trinajstić information content (AvgIpc) is 2.66. The molecule has 0 radical (unpaired) electrons. The highest BCUT2D eigenvalue weighted by atomic mass is 35.5. The molecule has 0 aliphatic carbocycles. The maximum Gasteiger partial charge on any atom is 0.227 e. The summed E-state index contributed by atoms with van der Waals surface area (Å²) in [6.07, 6.45) is 1.25. The minimum Gasteiger partial charge on any atom is -0.342 e. The number of hydrogen-bond donors (Lipinski definition) is 1. The number of hydrogen-bond acceptors (Lipinski definition) is 2. The summed E-state index contributed by atoms with van der Waals surface area (Å²) < 4.78 is 13.7. The van der Waals surface area contributed by atoms with Crippen molar-refractivity contribution in [3.05, 3.63) is 64.4 Å². The fourth-order valence-corrected chi connectivity index (χ4v) is 3.54. The number of nitrogens with zero attached hydrogens (tertiary/aromatic N) is 1. The van der Waals surface area contributed by atoms with Crippen molar-refractivity contribution >= 4 is 29.1 Å². The number of halogens is 2. The van der Waals surface area contributed by atoms with Gasteiger partial charge in [-0.1, -0.05) is 29.8 Å². The van der Waals surface area contributed by atoms with Crippen LogP contribution in [0, 0.1) is 18.7 Å². The summed E-state index contributed by atoms with van der Waals surface area (Å²) in [5, 5.41) is 3.58. The van der Waals surface area contributed by atoms with Crippen LogP contribution < -0.4 is 5.32 Å². The molecule has 0 aromatic heterocycles. The van der Waals surface area contributed by atoms with E-state index >= 15 is 0 Å². The van der Waals surface area contributed by atoms with Gasteiger partial charge in [0.15, 0.2) is 0 Å². The van der Waals surface area contributed by atoms with Gasteiger partial charge in [-0.05, 0) is 55.2 Å². The standard InChI is InChI=1S/C21H22ClFN2O2/c1-14-12-17(22)6-7-19(14)24-21(27)15-8-10-25(11-9-15)20(26)13-16-4-2-3-5-18(16)23/h2-7,12,15H,8-11,13H2,1H3,(H,24,27). The number of aryl methyl sites for hydroxylation is 1. The van der Waals surface area contributed by atoms with Crippen LogP contribution in [0.4, 0.5) is 10.1 Å². The lowest BCUT2D eigenvalue weighted by atomic mass is 9.95. The Balaban J connectivity index is 1.53. The zero-order valence-corrected chi connectivity index (χ0v) is 15.9. The molecule has 4 nitrogen and oxygen atoms in total. The predicted octanol–water partition coefficient (Wildman–Crippen LogP) is 4.21. The summed E-state index contributed by atoms with van der Waals surface area (Å²) in [5.74, 6) is -0.648. The summed E-state index contributed by atoms with van der Waals surface area (Å²) in [7, 11) is 0. The van der Waals surface area contributed by atoms with E-state index in [2.05, 4.69) is 5.32 Å². The molecule has 6 heteroatoms. The molecule has 2 aromatic carbocycles. The van der Waals surface area contributed by atoms with Crippen LogP contribution >= 0.6 is 11.6 Å². The number of nitrogens with one attached hydrogen (secondary N) is 1. The molecule has 1 heterocycles. The second-order valence-corrected chi connectivity index (χ2v) is 7.31. The van der Waals surface area contributed by atoms with E-state index in [-0.39, 0.29) is 30.0 Å². The fourth-order valence-electron chi connectivity index (χ4n) is 3.31. The van der Waals surface area contributed by atoms with Gasteiger partial charge in [0.25, 0.3) is 0 Å². The highest BCUT2D eigenvalue weighted by Crippen LogP contribution is 2.23. The van der Waals surface area contributed by atoms with Crippen molar-refractivity contribution in [2.45, 2.75) is 26.2 Å². The summed E-state index contributed by atoms with van der Waals surface area (Å²) in [6.45, 7) is 2.90. The lowest BCUT2D eigenvalue weighted by molar-refractivity contribution is -0.133. The van der Waals surface area contributed by atoms with Crippen molar-refractivity contribution < 1.29 is 14.0 Å². The summed E-state index contributed by atoms with van der Waals surface area (Å²) >= 11 is 5.94. The number of anilines is 1. The second kappa shape index (κ2) is 8.53. The number of carbonyl (C=O) groups excluding carboxylic acids is 2. The molecule has 1 aliphatic heterocycles. The first-order chi connectivity index (χ1) is 12.9. The molecule has 0 saturated carbocycles. The molecule has 0 spiro atoms. The Morgan fingerprint density at radius 2 is 1.89 bits per heavy atom. The van der Waals surface area contributed by atoms with Crippen LogP contribution in [0.3, 0.4) is 0 Å². The van der Waals surface area contributed by atoms with E-state index in [0.717, 1.165) is 11.3 Å². The summed E-state index contributed by atoms with van der Waals surface area (Å²) in [6, 6.07) is 11.7. The van der Waals surface area contributed by atoms with Gasteiger partial charge >= 0.3 is 0 Å². The van der Waals surface area contributed by atoms with Crippen LogP contribution in [0.25, 0.3) is 0 Å². The molecule has 0 atom stereocenters. The quantitative estimate of drug-likeness (QED) is 0.853. The Morgan fingerprint density at radius 1 is 1.19 bits per heavy atom. The van der Waals surface area contributed by atoms with Gasteiger partial charge in [0.05, 0.1) is 6.42 Å². The van der Waals surface area contributed by atoms with E-state index in [1.807, 2.05) is 6.92 Å². The van der Waals surface area contributed by atoms with Gasteiger partial charge < -0.3 is 10.2 Å². The normalized spacial score (nSPS) is 14.9. The number of likely N-dealkylation sites (tertiary alicyclic amines) is 1. The zero-order valence-electron chi connectivity index (χ0n) is 15.2. The Kier molecular flexibility index (Phi) is 6.11. The van der Waals surface area contributed by atoms with Gasteiger partial charge in [-0.25, -0.2) is 4.39 Å². The number of benzene rings is 2. The molecule has 0 unspecified atom stereocenters. The third kappa shape index (κ3) is 4.86. The van der Waals surface area contributed by atoms with E-state index in [0.29, 0.717) is 36.5 Å². The highest BCUT2D eigenvalue weighted by Gasteiger charge is 2.27. The van der Waals surface area contributed by atoms with Crippen molar-refractivity contribution in [3.8, 4) is 0 Å². The Labute approximate surface area is 163 Å². The Bertz CT molecular complexity index is 848. The Hall–Kier alpha value is -2.40. The topological polar surface area (TPSA) is 49.4 Å². The van der Waals surface area contributed by atoms with Crippen LogP contribution in [-0.2, 0) is 16.0 Å². The lowest BCUT2D eigenvalue weighted by Crippen LogP contribution is -2.42. The van der Waals surface area contributed by atoms with Crippen molar-refractivity contribution in [1.29, 1.82) is 0 Å². The molecule has 2 amide bonds. The van der Waals surface area contributed by atoms with Crippen LogP contribution in [0.15, 0.2) is 42.5 Å². The SMILES string of the molecule is Cc1cc(Cl)ccc1NC(=O)C1CCN(C(=O)Cc2ccccc2F)CC1. The van der Waals surface area contributed by atoms with E-state index in [1.165, 1.54) is 6.07 Å². The molecule has 27 heavy (non-hydrogen) atoms. The smallest absolute Gasteiger partial charge is 0.227 e. The van der Waals surface area contributed by atoms with Crippen LogP contribution in [0.1, 0.15) is 24.0 Å². The molecule has 142 valence electrons. The average molecular weight is 389 g/mol. The molecule has 1 fully saturated rings. The third-order valence-electron chi connectivity index (χ3n) is 4.96. The Morgan fingerprint density at radius 3 is 2.56 bits per heavy atom. The zero-order chi connectivity index (χ0) is 19.4. The summed E-state index contributed by atoms with van der Waals surface area (Å²) in [4.78, 5) is 26.6. The third-order valence-corrected chi connectivity index (χ3v) is 5.20. The molecule has 2 aromatic rings. The van der Waals surface area contributed by atoms with Gasteiger partial charge in [0.1, 0.15) is 5.82 Å². The molecule has 3 rings (SSSR count). The van der Waals surface area contributed by atoms with Gasteiger partial charge in [0, 0.05) is 29.7 Å². The van der Waals surface area contributed by atoms with Gasteiger partial charge in [0.2, 0.25) is 11.8 Å². The van der Waals surface area contributed by atoms with Crippen molar-refractivity contribution in [3.63, 3.8) is 0 Å². The molecular weight excluding hydrogens is 367 g/mol. The van der Waals surface area contributed by atoms with E-state index in [4.69, 9.17) is 11.6 Å². The van der Waals surface area contributed by atoms with Gasteiger partial charge in [-0.2, -0.15) is 0 Å². The van der Waals surface area contributed by atoms with Crippen molar-refractivity contribution in [2.75, 3.05) is 18.4 Å². The molecule has 1 aliphatic rings. The summed E-state index contributed by atoms with van der Waals surface area (Å²) in [5.41, 5.74) is 2.07. The minimum atomic E-state index is -0.363. The van der Waals surface area contributed by atoms with E-state index in [1.54, 1.807) is 41.3 Å². The van der Waals surface area contributed by atoms with Gasteiger partial charge in [-0.15, -0.1) is 0 Å². The van der Waals surface area contributed by atoms with E-state index in [9.17, 15) is 14.0 Å². The first kappa shape index (κ1) is 19.4. The first-order valence-corrected chi connectivity index (χ1v) is 9.40. The van der Waals surface area contributed by atoms with Crippen molar-refractivity contribution in [1.82, 2.24) is 4.90 Å². The van der Waals surface area contributed by atoms with Crippen LogP contribution in [0.5, 0.6) is 0 Å². The minimum absolute atomic E-state index is 0.0402. The van der Waals surface area contributed by atoms with Crippen LogP contribution in [-0.4, -0.2) is 29.8 Å². The molecule has 1 N–H and O–H groups in total. The lowest BCUT2D eigenvalue weighted by Gasteiger charge is -2.31. The molecule has 0 bridgehead atoms. The highest BCUT2D eigenvalue weighted by molar-refractivity contribution is 6.30. The van der Waals surface area contributed by atoms with E-state index < -0.39 is 0 Å². The monoisotopic (exact) mass is 388 g/mol. The first-order valence-electron chi connectivity index (χ1n) is 9.02. The molecule has 1 saturated heterocycles. The number of amides is 2. The second-order valence-electron chi connectivity index (χ2n) is 6.87. The molecular formula is C21H22ClFN2O2. The number of carbonyl (C=O) groups is 2. The van der Waals surface area contributed by atoms with Crippen molar-refractivity contribution in [2.24, 2.45) is 5.92 Å². The maximum atomic E-state index is 13.7. The number of rotatable bonds is 4. The van der Waals surface area contributed by atoms with Crippen LogP contribution in [0.2, 0.25) is 5.02 Å². The van der Waals surface area contributed by atoms with Gasteiger partial charge in [-0.3, -0.25) is 9.59 Å². The maximum absolute atomic E-state index is 13.7. The predicted molar refractivity (Wildman–Crippen MR) is 104 cm³/mol. The largest absolute Gasteiger partial charge is 0.342 e.